The van der Waals surface area contributed by atoms with Gasteiger partial charge in [0.15, 0.2) is 0 Å². The van der Waals surface area contributed by atoms with Crippen LogP contribution in [0.5, 0.6) is 0 Å². The highest BCUT2D eigenvalue weighted by Gasteiger charge is 2.40. The van der Waals surface area contributed by atoms with Crippen LogP contribution in [0.4, 0.5) is 24.8 Å². The molecule has 0 unspecified atom stereocenters. The summed E-state index contributed by atoms with van der Waals surface area (Å²) in [7, 11) is -5.57. The van der Waals surface area contributed by atoms with Crippen molar-refractivity contribution in [1.82, 2.24) is 19.9 Å². The van der Waals surface area contributed by atoms with Crippen molar-refractivity contribution in [3.05, 3.63) is 130 Å². The monoisotopic (exact) mass is 912 g/mol. The molecule has 4 aromatic carbocycles. The summed E-state index contributed by atoms with van der Waals surface area (Å²) in [6.45, 7) is 12.1. The smallest absolute Gasteiger partial charge is 0.363 e. The average Bonchev–Trinajstić information content (AvgIpc) is 3.23. The van der Waals surface area contributed by atoms with Crippen molar-refractivity contribution in [2.75, 3.05) is 33.6 Å². The molecule has 2 aromatic heterocycles. The zero-order valence-electron chi connectivity index (χ0n) is 37.0. The Morgan fingerprint density at radius 1 is 0.656 bits per heavy atom. The van der Waals surface area contributed by atoms with Gasteiger partial charge < -0.3 is 10.6 Å². The number of hydrogen-bond acceptors (Lipinski definition) is 10. The predicted molar refractivity (Wildman–Crippen MR) is 251 cm³/mol. The number of benzene rings is 4. The number of alkyl halides is 3. The molecule has 16 heteroatoms. The molecule has 64 heavy (non-hydrogen) atoms. The first-order valence-electron chi connectivity index (χ1n) is 21.5. The Labute approximate surface area is 373 Å². The Morgan fingerprint density at radius 3 is 1.48 bits per heavy atom. The Hall–Kier alpha value is -5.48. The average molecular weight is 913 g/mol. The summed E-state index contributed by atoms with van der Waals surface area (Å²) in [5.41, 5.74) is 8.68. The number of fused-ring (bicyclic) bond motifs is 2. The zero-order chi connectivity index (χ0) is 46.0. The number of carbonyl (C=O) groups is 1. The van der Waals surface area contributed by atoms with Gasteiger partial charge in [-0.25, -0.2) is 28.4 Å². The molecule has 2 atom stereocenters. The molecule has 4 heterocycles. The van der Waals surface area contributed by atoms with Gasteiger partial charge in [0.05, 0.1) is 20.8 Å². The lowest BCUT2D eigenvalue weighted by Gasteiger charge is -2.25. The van der Waals surface area contributed by atoms with Gasteiger partial charge in [0.25, 0.3) is 0 Å². The number of halogens is 3. The van der Waals surface area contributed by atoms with Gasteiger partial charge >= 0.3 is 12.1 Å². The minimum absolute atomic E-state index is 0.00296. The number of amides is 1. The molecule has 0 saturated carbocycles. The molecule has 0 radical (unpaired) electrons. The standard InChI is InChI=1S/C25H27F3N4O2S.C23H28N4OS/c1-15-5-4-6-19(13-15)16(2)29-23-21-14-20(7-8-22(21)30-17(3)31-23)18-9-11-35(34,12-10-18)32-24(33)25(26,27)28;1-15-5-4-6-19(13-15)16(2)25-23-21-14-20(7-8-22(21)26-17(3)27-23)18-9-11-29(24,28)12-10-18/h4-8,13-14,16,18H,9-12H2,1-3H3,(H,29,30,31);4-8,13-14,16,18,24H,9-12H2,1-3H3,(H,25,26,27)/t16-,18?,35?;16-,18?,29?/m11/s1. The molecule has 2 aliphatic heterocycles. The van der Waals surface area contributed by atoms with Crippen molar-refractivity contribution in [1.29, 1.82) is 4.78 Å². The molecular formula is C48H55F3N8O3S2. The summed E-state index contributed by atoms with van der Waals surface area (Å²) >= 11 is 0. The van der Waals surface area contributed by atoms with Crippen LogP contribution in [0.3, 0.4) is 0 Å². The number of aryl methyl sites for hydroxylation is 4. The van der Waals surface area contributed by atoms with Gasteiger partial charge in [-0.15, -0.1) is 0 Å². The van der Waals surface area contributed by atoms with Crippen LogP contribution in [0.15, 0.2) is 89.3 Å². The summed E-state index contributed by atoms with van der Waals surface area (Å²) in [4.78, 5) is 29.7. The number of anilines is 2. The summed E-state index contributed by atoms with van der Waals surface area (Å²) in [6, 6.07) is 29.1. The van der Waals surface area contributed by atoms with E-state index in [1.165, 1.54) is 22.3 Å². The quantitative estimate of drug-likeness (QED) is 0.135. The Bertz CT molecular complexity index is 2920. The second-order valence-electron chi connectivity index (χ2n) is 17.2. The molecule has 11 nitrogen and oxygen atoms in total. The van der Waals surface area contributed by atoms with Gasteiger partial charge in [-0.3, -0.25) is 9.57 Å². The normalized spacial score (nSPS) is 22.2. The third-order valence-electron chi connectivity index (χ3n) is 12.1. The number of carbonyl (C=O) groups excluding carboxylic acids is 1. The van der Waals surface area contributed by atoms with Crippen LogP contribution >= 0.6 is 0 Å². The molecule has 3 N–H and O–H groups in total. The first kappa shape index (κ1) is 46.5. The fourth-order valence-electron chi connectivity index (χ4n) is 8.48. The van der Waals surface area contributed by atoms with Crippen LogP contribution in [0.25, 0.3) is 21.8 Å². The van der Waals surface area contributed by atoms with Crippen molar-refractivity contribution in [2.24, 2.45) is 4.36 Å². The van der Waals surface area contributed by atoms with E-state index in [0.29, 0.717) is 41.9 Å². The van der Waals surface area contributed by atoms with Crippen LogP contribution in [-0.4, -0.2) is 63.4 Å². The fraction of sp³-hybridized carbons (Fsp3) is 0.396. The Balaban J connectivity index is 0.000000195. The van der Waals surface area contributed by atoms with E-state index in [1.54, 1.807) is 0 Å². The first-order valence-corrected chi connectivity index (χ1v) is 25.3. The second kappa shape index (κ2) is 18.9. The molecule has 2 fully saturated rings. The molecule has 8 rings (SSSR count). The lowest BCUT2D eigenvalue weighted by Crippen LogP contribution is -2.27. The van der Waals surface area contributed by atoms with Gasteiger partial charge in [0, 0.05) is 55.6 Å². The van der Waals surface area contributed by atoms with Crippen molar-refractivity contribution >= 4 is 58.8 Å². The van der Waals surface area contributed by atoms with Crippen LogP contribution in [0.2, 0.25) is 0 Å². The van der Waals surface area contributed by atoms with E-state index >= 15 is 0 Å². The maximum absolute atomic E-state index is 12.7. The van der Waals surface area contributed by atoms with Crippen molar-refractivity contribution in [3.8, 4) is 0 Å². The van der Waals surface area contributed by atoms with E-state index in [-0.39, 0.29) is 29.5 Å². The molecule has 1 amide bonds. The number of nitrogens with zero attached hydrogens (tertiary/aromatic N) is 5. The largest absolute Gasteiger partial charge is 0.474 e. The van der Waals surface area contributed by atoms with Crippen molar-refractivity contribution < 1.29 is 26.4 Å². The van der Waals surface area contributed by atoms with Crippen molar-refractivity contribution in [2.45, 2.75) is 97.3 Å². The van der Waals surface area contributed by atoms with E-state index in [2.05, 4.69) is 105 Å². The maximum atomic E-state index is 12.7. The summed E-state index contributed by atoms with van der Waals surface area (Å²) in [5, 5.41) is 8.94. The van der Waals surface area contributed by atoms with Gasteiger partial charge in [0.1, 0.15) is 23.3 Å². The van der Waals surface area contributed by atoms with Gasteiger partial charge in [0.2, 0.25) is 0 Å². The third-order valence-corrected chi connectivity index (χ3v) is 16.1. The highest BCUT2D eigenvalue weighted by atomic mass is 32.2. The molecule has 338 valence electrons. The maximum Gasteiger partial charge on any atom is 0.474 e. The summed E-state index contributed by atoms with van der Waals surface area (Å²) in [5.74, 6) is 1.92. The van der Waals surface area contributed by atoms with Crippen LogP contribution in [0.1, 0.15) is 108 Å². The van der Waals surface area contributed by atoms with Crippen LogP contribution in [0, 0.1) is 32.5 Å². The van der Waals surface area contributed by atoms with Gasteiger partial charge in [-0.1, -0.05) is 71.8 Å². The SMILES string of the molecule is Cc1cccc([C@@H](C)Nc2nc(C)nc3ccc(C4CCS(=N)(=O)CC4)cc23)c1.Cc1cccc([C@@H](C)Nc2nc(C)nc3ccc(C4CCS(=O)(=NC(=O)C(F)(F)F)CC4)cc23)c1. The van der Waals surface area contributed by atoms with Gasteiger partial charge in [-0.05, 0) is 126 Å². The van der Waals surface area contributed by atoms with Gasteiger partial charge in [-0.2, -0.15) is 17.5 Å². The minimum Gasteiger partial charge on any atom is -0.363 e. The molecule has 0 bridgehead atoms. The molecule has 6 aromatic rings. The van der Waals surface area contributed by atoms with E-state index in [0.717, 1.165) is 57.4 Å². The van der Waals surface area contributed by atoms with E-state index in [9.17, 15) is 26.4 Å². The lowest BCUT2D eigenvalue weighted by molar-refractivity contribution is -0.169. The predicted octanol–water partition coefficient (Wildman–Crippen LogP) is 11.2. The summed E-state index contributed by atoms with van der Waals surface area (Å²) in [6.07, 6.45) is -2.72. The highest BCUT2D eigenvalue weighted by Crippen LogP contribution is 2.36. The lowest BCUT2D eigenvalue weighted by atomic mass is 9.92. The van der Waals surface area contributed by atoms with E-state index in [4.69, 9.17) is 9.76 Å². The zero-order valence-corrected chi connectivity index (χ0v) is 38.6. The first-order chi connectivity index (χ1) is 30.2. The molecule has 0 spiro atoms. The molecular weight excluding hydrogens is 858 g/mol. The molecule has 2 aliphatic rings. The number of hydrogen-bond donors (Lipinski definition) is 3. The third kappa shape index (κ3) is 11.4. The second-order valence-corrected chi connectivity index (χ2v) is 22.2. The summed E-state index contributed by atoms with van der Waals surface area (Å²) < 4.78 is 73.3. The van der Waals surface area contributed by atoms with E-state index < -0.39 is 31.5 Å². The molecule has 0 aliphatic carbocycles. The van der Waals surface area contributed by atoms with Crippen molar-refractivity contribution in [3.63, 3.8) is 0 Å². The number of aromatic nitrogens is 4. The highest BCUT2D eigenvalue weighted by molar-refractivity contribution is 7.94. The topological polar surface area (TPSA) is 163 Å². The minimum atomic E-state index is -5.10. The van der Waals surface area contributed by atoms with E-state index in [1.807, 2.05) is 51.1 Å². The Morgan fingerprint density at radius 2 is 1.08 bits per heavy atom. The fourth-order valence-corrected chi connectivity index (χ4v) is 12.1. The Kier molecular flexibility index (Phi) is 13.8. The molecule has 2 saturated heterocycles. The number of nitrogens with one attached hydrogen (secondary N) is 3. The van der Waals surface area contributed by atoms with Crippen LogP contribution < -0.4 is 10.6 Å². The van der Waals surface area contributed by atoms with Crippen LogP contribution in [-0.2, 0) is 24.3 Å². The number of rotatable bonds is 8.